The van der Waals surface area contributed by atoms with Crippen molar-refractivity contribution in [1.82, 2.24) is 4.90 Å². The zero-order chi connectivity index (χ0) is 12.0. The topological polar surface area (TPSA) is 53.1 Å². The fourth-order valence-electron chi connectivity index (χ4n) is 1.63. The van der Waals surface area contributed by atoms with Gasteiger partial charge in [0.1, 0.15) is 5.84 Å². The van der Waals surface area contributed by atoms with Gasteiger partial charge in [0.15, 0.2) is 0 Å². The highest BCUT2D eigenvalue weighted by molar-refractivity contribution is 6.00. The van der Waals surface area contributed by atoms with E-state index in [0.717, 1.165) is 18.5 Å². The van der Waals surface area contributed by atoms with Crippen molar-refractivity contribution in [3.63, 3.8) is 0 Å². The van der Waals surface area contributed by atoms with Gasteiger partial charge in [-0.15, -0.1) is 0 Å². The van der Waals surface area contributed by atoms with E-state index in [1.165, 1.54) is 12.8 Å². The molecule has 0 amide bonds. The molecule has 0 spiro atoms. The number of unbranched alkanes of at least 4 members (excludes halogenated alkanes) is 2. The summed E-state index contributed by atoms with van der Waals surface area (Å²) in [6.07, 6.45) is 3.54. The Hall–Kier alpha value is -1.51. The molecule has 0 aliphatic heterocycles. The normalized spacial score (nSPS) is 10.1. The number of benzene rings is 1. The average Bonchev–Trinajstić information content (AvgIpc) is 2.29. The van der Waals surface area contributed by atoms with Crippen molar-refractivity contribution < 1.29 is 0 Å². The molecule has 0 aliphatic carbocycles. The Kier molecular flexibility index (Phi) is 4.83. The maximum atomic E-state index is 8.06. The Morgan fingerprint density at radius 2 is 2.00 bits per heavy atom. The molecule has 0 aromatic heterocycles. The van der Waals surface area contributed by atoms with Crippen molar-refractivity contribution in [1.29, 1.82) is 5.41 Å². The third-order valence-corrected chi connectivity index (χ3v) is 2.69. The van der Waals surface area contributed by atoms with Crippen molar-refractivity contribution in [3.8, 4) is 0 Å². The molecule has 0 aliphatic rings. The van der Waals surface area contributed by atoms with Gasteiger partial charge in [-0.05, 0) is 18.6 Å². The van der Waals surface area contributed by atoms with Crippen molar-refractivity contribution >= 4 is 11.5 Å². The fourth-order valence-corrected chi connectivity index (χ4v) is 1.63. The van der Waals surface area contributed by atoms with Gasteiger partial charge < -0.3 is 10.6 Å². The zero-order valence-electron chi connectivity index (χ0n) is 10.2. The van der Waals surface area contributed by atoms with Gasteiger partial charge in [-0.1, -0.05) is 31.9 Å². The quantitative estimate of drug-likeness (QED) is 0.346. The van der Waals surface area contributed by atoms with Gasteiger partial charge in [0, 0.05) is 24.8 Å². The van der Waals surface area contributed by atoms with E-state index in [1.807, 2.05) is 36.2 Å². The third kappa shape index (κ3) is 3.26. The molecule has 1 rings (SSSR count). The van der Waals surface area contributed by atoms with E-state index in [2.05, 4.69) is 6.92 Å². The van der Waals surface area contributed by atoms with Crippen molar-refractivity contribution in [2.75, 3.05) is 19.3 Å². The van der Waals surface area contributed by atoms with Crippen LogP contribution in [-0.2, 0) is 0 Å². The van der Waals surface area contributed by atoms with Gasteiger partial charge in [0.25, 0.3) is 0 Å². The van der Waals surface area contributed by atoms with E-state index < -0.39 is 0 Å². The Bertz CT molecular complexity index is 347. The summed E-state index contributed by atoms with van der Waals surface area (Å²) in [6.45, 7) is 3.10. The average molecular weight is 219 g/mol. The summed E-state index contributed by atoms with van der Waals surface area (Å²) >= 11 is 0. The molecule has 1 aromatic carbocycles. The number of hydrogen-bond donors (Lipinski definition) is 2. The number of anilines is 1. The number of amidine groups is 1. The molecule has 3 N–H and O–H groups in total. The first-order chi connectivity index (χ1) is 7.66. The summed E-state index contributed by atoms with van der Waals surface area (Å²) in [5, 5.41) is 8.06. The Morgan fingerprint density at radius 3 is 2.62 bits per heavy atom. The van der Waals surface area contributed by atoms with E-state index in [9.17, 15) is 0 Å². The minimum atomic E-state index is 0.509. The highest BCUT2D eigenvalue weighted by atomic mass is 15.1. The zero-order valence-corrected chi connectivity index (χ0v) is 10.2. The minimum Gasteiger partial charge on any atom is -0.398 e. The maximum Gasteiger partial charge on any atom is 0.129 e. The molecule has 0 unspecified atom stereocenters. The first-order valence-electron chi connectivity index (χ1n) is 5.81. The summed E-state index contributed by atoms with van der Waals surface area (Å²) in [6, 6.07) is 7.54. The molecule has 0 bridgehead atoms. The Morgan fingerprint density at radius 1 is 1.31 bits per heavy atom. The van der Waals surface area contributed by atoms with E-state index in [0.29, 0.717) is 11.5 Å². The largest absolute Gasteiger partial charge is 0.398 e. The molecule has 0 fully saturated rings. The number of rotatable bonds is 5. The van der Waals surface area contributed by atoms with Crippen LogP contribution in [0.15, 0.2) is 24.3 Å². The molecule has 0 atom stereocenters. The van der Waals surface area contributed by atoms with Gasteiger partial charge in [-0.25, -0.2) is 0 Å². The first-order valence-corrected chi connectivity index (χ1v) is 5.81. The predicted octanol–water partition coefficient (Wildman–Crippen LogP) is 2.72. The van der Waals surface area contributed by atoms with Crippen LogP contribution >= 0.6 is 0 Å². The van der Waals surface area contributed by atoms with Crippen LogP contribution < -0.4 is 5.73 Å². The molecular formula is C13H21N3. The second-order valence-corrected chi connectivity index (χ2v) is 4.06. The van der Waals surface area contributed by atoms with Crippen molar-refractivity contribution in [2.24, 2.45) is 0 Å². The van der Waals surface area contributed by atoms with Gasteiger partial charge in [0.2, 0.25) is 0 Å². The summed E-state index contributed by atoms with van der Waals surface area (Å²) in [5.74, 6) is 0.509. The molecule has 0 saturated heterocycles. The lowest BCUT2D eigenvalue weighted by Gasteiger charge is -2.20. The van der Waals surface area contributed by atoms with Crippen molar-refractivity contribution in [3.05, 3.63) is 29.8 Å². The monoisotopic (exact) mass is 219 g/mol. The van der Waals surface area contributed by atoms with Gasteiger partial charge >= 0.3 is 0 Å². The SMILES string of the molecule is CCCCCN(C)C(=N)c1ccccc1N. The molecule has 3 nitrogen and oxygen atoms in total. The van der Waals surface area contributed by atoms with Crippen LogP contribution in [0, 0.1) is 5.41 Å². The van der Waals surface area contributed by atoms with Crippen LogP contribution in [0.4, 0.5) is 5.69 Å². The molecule has 16 heavy (non-hydrogen) atoms. The highest BCUT2D eigenvalue weighted by Gasteiger charge is 2.09. The molecule has 1 aromatic rings. The van der Waals surface area contributed by atoms with Crippen LogP contribution in [0.1, 0.15) is 31.7 Å². The number of nitrogens with zero attached hydrogens (tertiary/aromatic N) is 1. The smallest absolute Gasteiger partial charge is 0.129 e. The number of nitrogens with two attached hydrogens (primary N) is 1. The van der Waals surface area contributed by atoms with Crippen LogP contribution in [0.25, 0.3) is 0 Å². The highest BCUT2D eigenvalue weighted by Crippen LogP contribution is 2.13. The number of nitrogen functional groups attached to an aromatic ring is 1. The number of para-hydroxylation sites is 1. The lowest BCUT2D eigenvalue weighted by molar-refractivity contribution is 0.474. The van der Waals surface area contributed by atoms with Crippen molar-refractivity contribution in [2.45, 2.75) is 26.2 Å². The maximum absolute atomic E-state index is 8.06. The molecule has 3 heteroatoms. The van der Waals surface area contributed by atoms with Crippen LogP contribution in [-0.4, -0.2) is 24.3 Å². The summed E-state index contributed by atoms with van der Waals surface area (Å²) in [7, 11) is 1.95. The number of hydrogen-bond acceptors (Lipinski definition) is 2. The second-order valence-electron chi connectivity index (χ2n) is 4.06. The van der Waals surface area contributed by atoms with E-state index in [-0.39, 0.29) is 0 Å². The fraction of sp³-hybridized carbons (Fsp3) is 0.462. The minimum absolute atomic E-state index is 0.509. The van der Waals surface area contributed by atoms with E-state index >= 15 is 0 Å². The molecule has 0 heterocycles. The standard InChI is InChI=1S/C13H21N3/c1-3-4-7-10-16(2)13(15)11-8-5-6-9-12(11)14/h5-6,8-9,15H,3-4,7,10,14H2,1-2H3. The first kappa shape index (κ1) is 12.6. The lowest BCUT2D eigenvalue weighted by Crippen LogP contribution is -2.28. The molecule has 88 valence electrons. The predicted molar refractivity (Wildman–Crippen MR) is 69.8 cm³/mol. The Balaban J connectivity index is 2.60. The summed E-state index contributed by atoms with van der Waals surface area (Å²) < 4.78 is 0. The summed E-state index contributed by atoms with van der Waals surface area (Å²) in [4.78, 5) is 1.96. The molecule has 0 saturated carbocycles. The van der Waals surface area contributed by atoms with Gasteiger partial charge in [0.05, 0.1) is 0 Å². The van der Waals surface area contributed by atoms with Crippen LogP contribution in [0.2, 0.25) is 0 Å². The second kappa shape index (κ2) is 6.16. The van der Waals surface area contributed by atoms with E-state index in [4.69, 9.17) is 11.1 Å². The van der Waals surface area contributed by atoms with Gasteiger partial charge in [-0.2, -0.15) is 0 Å². The third-order valence-electron chi connectivity index (χ3n) is 2.69. The van der Waals surface area contributed by atoms with Crippen LogP contribution in [0.5, 0.6) is 0 Å². The lowest BCUT2D eigenvalue weighted by atomic mass is 10.1. The van der Waals surface area contributed by atoms with E-state index in [1.54, 1.807) is 0 Å². The summed E-state index contributed by atoms with van der Waals surface area (Å²) in [5.41, 5.74) is 7.34. The number of nitrogens with one attached hydrogen (secondary N) is 1. The van der Waals surface area contributed by atoms with Gasteiger partial charge in [-0.3, -0.25) is 5.41 Å². The molecular weight excluding hydrogens is 198 g/mol. The molecule has 0 radical (unpaired) electrons. The Labute approximate surface area is 97.8 Å². The van der Waals surface area contributed by atoms with Crippen LogP contribution in [0.3, 0.4) is 0 Å².